The molecule has 0 aliphatic heterocycles. The Morgan fingerprint density at radius 1 is 1.25 bits per heavy atom. The van der Waals surface area contributed by atoms with Crippen molar-refractivity contribution in [1.82, 2.24) is 4.72 Å². The third-order valence-electron chi connectivity index (χ3n) is 2.81. The summed E-state index contributed by atoms with van der Waals surface area (Å²) < 4.78 is 39.8. The van der Waals surface area contributed by atoms with Crippen LogP contribution >= 0.6 is 11.8 Å². The highest BCUT2D eigenvalue weighted by atomic mass is 32.2. The van der Waals surface area contributed by atoms with Crippen LogP contribution in [0.1, 0.15) is 25.7 Å². The van der Waals surface area contributed by atoms with Gasteiger partial charge in [0.25, 0.3) is 0 Å². The maximum atomic E-state index is 13.5. The lowest BCUT2D eigenvalue weighted by Crippen LogP contribution is -2.25. The van der Waals surface area contributed by atoms with E-state index in [9.17, 15) is 12.8 Å². The predicted molar refractivity (Wildman–Crippen MR) is 82.9 cm³/mol. The molecule has 0 heterocycles. The Hall–Kier alpha value is -0.790. The number of thioether (sulfide) groups is 1. The summed E-state index contributed by atoms with van der Waals surface area (Å²) in [6.45, 7) is 0.315. The second-order valence-corrected chi connectivity index (χ2v) is 7.22. The molecule has 1 rings (SSSR count). The lowest BCUT2D eigenvalue weighted by molar-refractivity contribution is 0.553. The Balaban J connectivity index is 2.44. The highest BCUT2D eigenvalue weighted by Gasteiger charge is 2.18. The standard InChI is InChI=1S/C13H21FN2O2S2/c1-19-9-5-3-2-4-8-16-20(17,18)13-10-11(15)6-7-12(13)14/h6-7,10,16H,2-5,8-9,15H2,1H3. The molecule has 0 aliphatic rings. The highest BCUT2D eigenvalue weighted by molar-refractivity contribution is 7.98. The van der Waals surface area contributed by atoms with Crippen molar-refractivity contribution in [2.45, 2.75) is 30.6 Å². The number of anilines is 1. The smallest absolute Gasteiger partial charge is 0.243 e. The normalized spacial score (nSPS) is 11.7. The molecule has 4 nitrogen and oxygen atoms in total. The second kappa shape index (κ2) is 8.49. The molecular formula is C13H21FN2O2S2. The van der Waals surface area contributed by atoms with Crippen LogP contribution in [0.5, 0.6) is 0 Å². The highest BCUT2D eigenvalue weighted by Crippen LogP contribution is 2.17. The van der Waals surface area contributed by atoms with Crippen molar-refractivity contribution in [2.24, 2.45) is 0 Å². The average molecular weight is 320 g/mol. The minimum absolute atomic E-state index is 0.226. The van der Waals surface area contributed by atoms with Gasteiger partial charge in [-0.1, -0.05) is 12.8 Å². The maximum absolute atomic E-state index is 13.5. The summed E-state index contributed by atoms with van der Waals surface area (Å²) >= 11 is 1.80. The summed E-state index contributed by atoms with van der Waals surface area (Å²) in [6, 6.07) is 3.53. The number of hydrogen-bond donors (Lipinski definition) is 2. The molecule has 0 unspecified atom stereocenters. The van der Waals surface area contributed by atoms with Crippen molar-refractivity contribution in [3.8, 4) is 0 Å². The Morgan fingerprint density at radius 2 is 1.95 bits per heavy atom. The molecule has 0 aliphatic carbocycles. The minimum atomic E-state index is -3.82. The molecule has 3 N–H and O–H groups in total. The minimum Gasteiger partial charge on any atom is -0.399 e. The predicted octanol–water partition coefficient (Wildman–Crippen LogP) is 2.61. The van der Waals surface area contributed by atoms with Crippen LogP contribution in [-0.4, -0.2) is 27.0 Å². The molecule has 7 heteroatoms. The van der Waals surface area contributed by atoms with E-state index in [1.54, 1.807) is 11.8 Å². The van der Waals surface area contributed by atoms with Gasteiger partial charge in [0.2, 0.25) is 10.0 Å². The number of nitrogens with two attached hydrogens (primary N) is 1. The molecule has 0 amide bonds. The molecule has 0 atom stereocenters. The van der Waals surface area contributed by atoms with Gasteiger partial charge in [-0.05, 0) is 43.0 Å². The van der Waals surface area contributed by atoms with Crippen molar-refractivity contribution < 1.29 is 12.8 Å². The summed E-state index contributed by atoms with van der Waals surface area (Å²) in [4.78, 5) is -0.389. The average Bonchev–Trinajstić information content (AvgIpc) is 2.40. The van der Waals surface area contributed by atoms with Crippen LogP contribution in [0.15, 0.2) is 23.1 Å². The maximum Gasteiger partial charge on any atom is 0.243 e. The zero-order chi connectivity index (χ0) is 15.0. The summed E-state index contributed by atoms with van der Waals surface area (Å²) in [5.74, 6) is 0.340. The fourth-order valence-corrected chi connectivity index (χ4v) is 3.41. The van der Waals surface area contributed by atoms with Gasteiger partial charge >= 0.3 is 0 Å². The monoisotopic (exact) mass is 320 g/mol. The Morgan fingerprint density at radius 3 is 2.65 bits per heavy atom. The summed E-state index contributed by atoms with van der Waals surface area (Å²) in [5, 5.41) is 0. The number of rotatable bonds is 9. The van der Waals surface area contributed by atoms with Gasteiger partial charge in [-0.2, -0.15) is 11.8 Å². The van der Waals surface area contributed by atoms with Crippen molar-refractivity contribution in [3.05, 3.63) is 24.0 Å². The van der Waals surface area contributed by atoms with Crippen LogP contribution in [-0.2, 0) is 10.0 Å². The van der Waals surface area contributed by atoms with Gasteiger partial charge in [-0.25, -0.2) is 17.5 Å². The Bertz CT molecular complexity index is 521. The van der Waals surface area contributed by atoms with Crippen LogP contribution in [0.4, 0.5) is 10.1 Å². The first-order chi connectivity index (χ1) is 9.47. The number of halogens is 1. The van der Waals surface area contributed by atoms with Crippen molar-refractivity contribution in [2.75, 3.05) is 24.3 Å². The van der Waals surface area contributed by atoms with E-state index in [-0.39, 0.29) is 10.6 Å². The van der Waals surface area contributed by atoms with Gasteiger partial charge in [0.15, 0.2) is 0 Å². The van der Waals surface area contributed by atoms with E-state index in [4.69, 9.17) is 5.73 Å². The molecule has 0 radical (unpaired) electrons. The molecule has 0 spiro atoms. The molecule has 0 bridgehead atoms. The third-order valence-corrected chi connectivity index (χ3v) is 4.99. The Labute approximate surface area is 124 Å². The van der Waals surface area contributed by atoms with Gasteiger partial charge in [-0.3, -0.25) is 0 Å². The molecule has 1 aromatic rings. The molecule has 1 aromatic carbocycles. The summed E-state index contributed by atoms with van der Waals surface area (Å²) in [7, 11) is -3.82. The molecule has 0 saturated heterocycles. The fourth-order valence-electron chi connectivity index (χ4n) is 1.74. The second-order valence-electron chi connectivity index (χ2n) is 4.49. The number of unbranched alkanes of at least 4 members (excludes halogenated alkanes) is 3. The lowest BCUT2D eigenvalue weighted by Gasteiger charge is -2.08. The largest absolute Gasteiger partial charge is 0.399 e. The van der Waals surface area contributed by atoms with E-state index in [1.807, 2.05) is 0 Å². The first-order valence-corrected chi connectivity index (χ1v) is 9.38. The van der Waals surface area contributed by atoms with E-state index in [0.717, 1.165) is 43.6 Å². The molecule has 0 saturated carbocycles. The quantitative estimate of drug-likeness (QED) is 0.542. The summed E-state index contributed by atoms with van der Waals surface area (Å²) in [6.07, 6.45) is 5.99. The van der Waals surface area contributed by atoms with Crippen LogP contribution in [0, 0.1) is 5.82 Å². The first kappa shape index (κ1) is 17.3. The topological polar surface area (TPSA) is 72.2 Å². The molecule has 20 heavy (non-hydrogen) atoms. The van der Waals surface area contributed by atoms with Crippen molar-refractivity contribution in [1.29, 1.82) is 0 Å². The third kappa shape index (κ3) is 5.68. The van der Waals surface area contributed by atoms with Crippen LogP contribution in [0.3, 0.4) is 0 Å². The van der Waals surface area contributed by atoms with Crippen LogP contribution in [0.2, 0.25) is 0 Å². The number of sulfonamides is 1. The molecule has 114 valence electrons. The molecule has 0 aromatic heterocycles. The van der Waals surface area contributed by atoms with Crippen LogP contribution < -0.4 is 10.5 Å². The van der Waals surface area contributed by atoms with Crippen LogP contribution in [0.25, 0.3) is 0 Å². The lowest BCUT2D eigenvalue weighted by atomic mass is 10.2. The van der Waals surface area contributed by atoms with Gasteiger partial charge in [0, 0.05) is 12.2 Å². The van der Waals surface area contributed by atoms with E-state index < -0.39 is 15.8 Å². The summed E-state index contributed by atoms with van der Waals surface area (Å²) in [5.41, 5.74) is 5.71. The molecular weight excluding hydrogens is 299 g/mol. The van der Waals surface area contributed by atoms with Gasteiger partial charge < -0.3 is 5.73 Å². The zero-order valence-electron chi connectivity index (χ0n) is 11.6. The van der Waals surface area contributed by atoms with E-state index >= 15 is 0 Å². The van der Waals surface area contributed by atoms with E-state index in [0.29, 0.717) is 6.54 Å². The fraction of sp³-hybridized carbons (Fsp3) is 0.538. The number of nitrogen functional groups attached to an aromatic ring is 1. The number of benzene rings is 1. The SMILES string of the molecule is CSCCCCCCNS(=O)(=O)c1cc(N)ccc1F. The van der Waals surface area contributed by atoms with E-state index in [1.165, 1.54) is 6.07 Å². The van der Waals surface area contributed by atoms with Gasteiger partial charge in [0.05, 0.1) is 0 Å². The van der Waals surface area contributed by atoms with E-state index in [2.05, 4.69) is 11.0 Å². The number of nitrogens with one attached hydrogen (secondary N) is 1. The number of hydrogen-bond acceptors (Lipinski definition) is 4. The first-order valence-electron chi connectivity index (χ1n) is 6.51. The van der Waals surface area contributed by atoms with Crippen molar-refractivity contribution in [3.63, 3.8) is 0 Å². The molecule has 0 fully saturated rings. The van der Waals surface area contributed by atoms with Crippen molar-refractivity contribution >= 4 is 27.5 Å². The van der Waals surface area contributed by atoms with Gasteiger partial charge in [-0.15, -0.1) is 0 Å². The Kier molecular flexibility index (Phi) is 7.32. The van der Waals surface area contributed by atoms with Gasteiger partial charge in [0.1, 0.15) is 10.7 Å². The zero-order valence-corrected chi connectivity index (χ0v) is 13.2.